The molecule has 1 saturated heterocycles. The topological polar surface area (TPSA) is 46.3 Å². The first-order chi connectivity index (χ1) is 10.4. The number of aromatic nitrogens is 4. The maximum absolute atomic E-state index is 4.83. The average molecular weight is 281 g/mol. The Kier molecular flexibility index (Phi) is 2.39. The molecule has 0 bridgehead atoms. The van der Waals surface area contributed by atoms with Crippen molar-refractivity contribution in [3.05, 3.63) is 30.1 Å². The predicted octanol–water partition coefficient (Wildman–Crippen LogP) is 2.40. The molecule has 2 unspecified atom stereocenters. The minimum absolute atomic E-state index is 0.577. The fourth-order valence-corrected chi connectivity index (χ4v) is 3.76. The molecule has 108 valence electrons. The molecule has 0 aromatic carbocycles. The second-order valence-corrected chi connectivity index (χ2v) is 6.66. The predicted molar refractivity (Wildman–Crippen MR) is 80.3 cm³/mol. The van der Waals surface area contributed by atoms with Crippen molar-refractivity contribution in [2.75, 3.05) is 18.0 Å². The summed E-state index contributed by atoms with van der Waals surface area (Å²) in [6, 6.07) is 4.16. The van der Waals surface area contributed by atoms with Crippen molar-refractivity contribution < 1.29 is 0 Å². The molecule has 2 fully saturated rings. The zero-order valence-corrected chi connectivity index (χ0v) is 12.0. The van der Waals surface area contributed by atoms with Gasteiger partial charge in [0.25, 0.3) is 0 Å². The summed E-state index contributed by atoms with van der Waals surface area (Å²) >= 11 is 0. The van der Waals surface area contributed by atoms with Gasteiger partial charge in [0.1, 0.15) is 5.82 Å². The van der Waals surface area contributed by atoms with E-state index in [-0.39, 0.29) is 0 Å². The van der Waals surface area contributed by atoms with Gasteiger partial charge in [0.2, 0.25) is 0 Å². The number of fused-ring (bicyclic) bond motifs is 2. The third-order valence-electron chi connectivity index (χ3n) is 5.16. The van der Waals surface area contributed by atoms with E-state index in [1.165, 1.54) is 25.7 Å². The van der Waals surface area contributed by atoms with E-state index >= 15 is 0 Å². The maximum atomic E-state index is 4.83. The maximum Gasteiger partial charge on any atom is 0.178 e. The van der Waals surface area contributed by atoms with Gasteiger partial charge in [-0.1, -0.05) is 12.2 Å². The lowest BCUT2D eigenvalue weighted by atomic mass is 9.86. The summed E-state index contributed by atoms with van der Waals surface area (Å²) in [5.41, 5.74) is 0.874. The van der Waals surface area contributed by atoms with Gasteiger partial charge in [0.15, 0.2) is 11.5 Å². The van der Waals surface area contributed by atoms with Crippen molar-refractivity contribution in [3.63, 3.8) is 0 Å². The van der Waals surface area contributed by atoms with Gasteiger partial charge in [0, 0.05) is 19.0 Å². The molecular formula is C16H19N5. The fraction of sp³-hybridized carbons (Fsp3) is 0.562. The van der Waals surface area contributed by atoms with E-state index in [1.807, 2.05) is 4.52 Å². The third-order valence-corrected chi connectivity index (χ3v) is 5.16. The second kappa shape index (κ2) is 4.29. The van der Waals surface area contributed by atoms with E-state index < -0.39 is 0 Å². The Morgan fingerprint density at radius 1 is 0.952 bits per heavy atom. The van der Waals surface area contributed by atoms with Gasteiger partial charge < -0.3 is 4.90 Å². The monoisotopic (exact) mass is 281 g/mol. The van der Waals surface area contributed by atoms with Crippen LogP contribution in [-0.4, -0.2) is 32.9 Å². The van der Waals surface area contributed by atoms with Crippen molar-refractivity contribution >= 4 is 11.5 Å². The van der Waals surface area contributed by atoms with Gasteiger partial charge in [-0.25, -0.2) is 0 Å². The van der Waals surface area contributed by atoms with Crippen molar-refractivity contribution in [1.29, 1.82) is 0 Å². The molecule has 2 aromatic heterocycles. The first-order valence-electron chi connectivity index (χ1n) is 8.01. The van der Waals surface area contributed by atoms with Gasteiger partial charge in [-0.2, -0.15) is 4.52 Å². The highest BCUT2D eigenvalue weighted by Crippen LogP contribution is 2.39. The number of anilines is 1. The Balaban J connectivity index is 1.49. The quantitative estimate of drug-likeness (QED) is 0.793. The van der Waals surface area contributed by atoms with Crippen molar-refractivity contribution in [3.8, 4) is 0 Å². The van der Waals surface area contributed by atoms with Gasteiger partial charge in [-0.3, -0.25) is 0 Å². The Morgan fingerprint density at radius 3 is 2.43 bits per heavy atom. The van der Waals surface area contributed by atoms with Crippen molar-refractivity contribution in [2.45, 2.75) is 31.6 Å². The van der Waals surface area contributed by atoms with E-state index in [9.17, 15) is 0 Å². The number of hydrogen-bond donors (Lipinski definition) is 0. The van der Waals surface area contributed by atoms with Crippen LogP contribution >= 0.6 is 0 Å². The normalized spacial score (nSPS) is 28.3. The van der Waals surface area contributed by atoms with Gasteiger partial charge in [-0.15, -0.1) is 15.3 Å². The first-order valence-corrected chi connectivity index (χ1v) is 8.01. The van der Waals surface area contributed by atoms with Crippen LogP contribution in [0.4, 0.5) is 5.82 Å². The highest BCUT2D eigenvalue weighted by molar-refractivity contribution is 5.47. The van der Waals surface area contributed by atoms with E-state index in [0.29, 0.717) is 5.92 Å². The van der Waals surface area contributed by atoms with Gasteiger partial charge >= 0.3 is 0 Å². The number of nitrogens with zero attached hydrogens (tertiary/aromatic N) is 5. The molecule has 0 radical (unpaired) electrons. The largest absolute Gasteiger partial charge is 0.355 e. The molecule has 0 N–H and O–H groups in total. The minimum Gasteiger partial charge on any atom is -0.355 e. The lowest BCUT2D eigenvalue weighted by Gasteiger charge is -2.17. The molecule has 2 aromatic rings. The number of hydrogen-bond acceptors (Lipinski definition) is 4. The zero-order chi connectivity index (χ0) is 13.8. The molecule has 5 nitrogen and oxygen atoms in total. The molecule has 0 amide bonds. The average Bonchev–Trinajstić information content (AvgIpc) is 3.13. The van der Waals surface area contributed by atoms with Crippen LogP contribution in [0.25, 0.3) is 5.65 Å². The van der Waals surface area contributed by atoms with Crippen molar-refractivity contribution in [1.82, 2.24) is 19.8 Å². The van der Waals surface area contributed by atoms with Crippen LogP contribution in [-0.2, 0) is 0 Å². The van der Waals surface area contributed by atoms with Gasteiger partial charge in [0.05, 0.1) is 0 Å². The zero-order valence-electron chi connectivity index (χ0n) is 12.0. The van der Waals surface area contributed by atoms with E-state index in [4.69, 9.17) is 5.10 Å². The van der Waals surface area contributed by atoms with Crippen LogP contribution in [0.3, 0.4) is 0 Å². The van der Waals surface area contributed by atoms with Crippen LogP contribution in [0, 0.1) is 11.8 Å². The molecule has 2 atom stereocenters. The standard InChI is InChI=1S/C16H19N5/c1-2-4-13-10-20(9-12(13)3-1)15-8-7-14-17-18-16(11-5-6-11)21(14)19-15/h1-2,7-8,11-13H,3-6,9-10H2. The second-order valence-electron chi connectivity index (χ2n) is 6.66. The molecule has 5 heteroatoms. The van der Waals surface area contributed by atoms with Crippen LogP contribution < -0.4 is 4.90 Å². The SMILES string of the molecule is C1=CCC2CN(c3ccc4nnc(C5CC5)n4n3)CC2C1. The molecule has 0 spiro atoms. The smallest absolute Gasteiger partial charge is 0.178 e. The first kappa shape index (κ1) is 11.7. The Hall–Kier alpha value is -1.91. The highest BCUT2D eigenvalue weighted by atomic mass is 15.4. The van der Waals surface area contributed by atoms with E-state index in [2.05, 4.69) is 39.4 Å². The summed E-state index contributed by atoms with van der Waals surface area (Å²) in [7, 11) is 0. The fourth-order valence-electron chi connectivity index (χ4n) is 3.76. The van der Waals surface area contributed by atoms with Crippen LogP contribution in [0.2, 0.25) is 0 Å². The molecule has 3 aliphatic rings. The lowest BCUT2D eigenvalue weighted by Crippen LogP contribution is -2.22. The Morgan fingerprint density at radius 2 is 1.71 bits per heavy atom. The van der Waals surface area contributed by atoms with Crippen LogP contribution in [0.1, 0.15) is 37.4 Å². The van der Waals surface area contributed by atoms with E-state index in [0.717, 1.165) is 42.2 Å². The molecule has 1 saturated carbocycles. The summed E-state index contributed by atoms with van der Waals surface area (Å²) in [6.07, 6.45) is 9.59. The molecule has 2 aliphatic carbocycles. The summed E-state index contributed by atoms with van der Waals surface area (Å²) in [4.78, 5) is 2.44. The summed E-state index contributed by atoms with van der Waals surface area (Å²) in [5, 5.41) is 13.4. The molecular weight excluding hydrogens is 262 g/mol. The summed E-state index contributed by atoms with van der Waals surface area (Å²) in [5.74, 6) is 4.31. The number of rotatable bonds is 2. The summed E-state index contributed by atoms with van der Waals surface area (Å²) < 4.78 is 1.97. The minimum atomic E-state index is 0.577. The third kappa shape index (κ3) is 1.87. The molecule has 3 heterocycles. The highest BCUT2D eigenvalue weighted by Gasteiger charge is 2.34. The van der Waals surface area contributed by atoms with Crippen LogP contribution in [0.15, 0.2) is 24.3 Å². The molecule has 1 aliphatic heterocycles. The van der Waals surface area contributed by atoms with E-state index in [1.54, 1.807) is 0 Å². The Bertz CT molecular complexity index is 699. The van der Waals surface area contributed by atoms with Crippen molar-refractivity contribution in [2.24, 2.45) is 11.8 Å². The molecule has 5 rings (SSSR count). The summed E-state index contributed by atoms with van der Waals surface area (Å²) in [6.45, 7) is 2.27. The molecule has 21 heavy (non-hydrogen) atoms. The lowest BCUT2D eigenvalue weighted by molar-refractivity contribution is 0.411. The Labute approximate surface area is 123 Å². The van der Waals surface area contributed by atoms with Gasteiger partial charge in [-0.05, 0) is 49.7 Å². The van der Waals surface area contributed by atoms with Crippen LogP contribution in [0.5, 0.6) is 0 Å². The number of allylic oxidation sites excluding steroid dienone is 2.